The van der Waals surface area contributed by atoms with Gasteiger partial charge in [0.25, 0.3) is 0 Å². The Morgan fingerprint density at radius 1 is 1.33 bits per heavy atom. The highest BCUT2D eigenvalue weighted by molar-refractivity contribution is 7.89. The molecule has 1 heterocycles. The number of rotatable bonds is 3. The molecule has 0 aliphatic heterocycles. The molecule has 1 amide bonds. The van der Waals surface area contributed by atoms with Gasteiger partial charge in [-0.1, -0.05) is 0 Å². The number of hydrogen-bond acceptors (Lipinski definition) is 5. The summed E-state index contributed by atoms with van der Waals surface area (Å²) in [6.45, 7) is 6.84. The molecule has 1 N–H and O–H groups in total. The van der Waals surface area contributed by atoms with Gasteiger partial charge in [-0.2, -0.15) is 0 Å². The van der Waals surface area contributed by atoms with E-state index < -0.39 is 21.7 Å². The minimum absolute atomic E-state index is 0.0913. The fraction of sp³-hybridized carbons (Fsp3) is 0.538. The van der Waals surface area contributed by atoms with Gasteiger partial charge in [-0.05, 0) is 33.3 Å². The zero-order valence-corrected chi connectivity index (χ0v) is 13.9. The van der Waals surface area contributed by atoms with Gasteiger partial charge in [0.1, 0.15) is 11.4 Å². The van der Waals surface area contributed by atoms with Crippen molar-refractivity contribution >= 4 is 21.9 Å². The van der Waals surface area contributed by atoms with Crippen LogP contribution in [0.4, 0.5) is 10.6 Å². The Balaban J connectivity index is 3.06. The number of nitrogens with one attached hydrogen (secondary N) is 1. The minimum Gasteiger partial charge on any atom is -0.444 e. The zero-order valence-electron chi connectivity index (χ0n) is 13.1. The van der Waals surface area contributed by atoms with E-state index in [0.29, 0.717) is 5.56 Å². The van der Waals surface area contributed by atoms with Crippen molar-refractivity contribution in [2.24, 2.45) is 0 Å². The Bertz CT molecular complexity index is 633. The third-order valence-electron chi connectivity index (χ3n) is 2.44. The lowest BCUT2D eigenvalue weighted by Crippen LogP contribution is -2.28. The number of aryl methyl sites for hydroxylation is 1. The molecule has 0 radical (unpaired) electrons. The number of carbonyl (C=O) groups is 1. The second kappa shape index (κ2) is 5.98. The van der Waals surface area contributed by atoms with E-state index >= 15 is 0 Å². The first-order chi connectivity index (χ1) is 9.43. The van der Waals surface area contributed by atoms with Crippen LogP contribution in [0.5, 0.6) is 0 Å². The molecular formula is C13H21N3O4S. The smallest absolute Gasteiger partial charge is 0.413 e. The lowest BCUT2D eigenvalue weighted by Gasteiger charge is -2.20. The molecule has 21 heavy (non-hydrogen) atoms. The van der Waals surface area contributed by atoms with Gasteiger partial charge in [0.2, 0.25) is 10.0 Å². The largest absolute Gasteiger partial charge is 0.444 e. The monoisotopic (exact) mass is 315 g/mol. The quantitative estimate of drug-likeness (QED) is 0.921. The minimum atomic E-state index is -3.60. The zero-order chi connectivity index (χ0) is 16.4. The fourth-order valence-electron chi connectivity index (χ4n) is 1.46. The molecule has 1 aromatic rings. The Hall–Kier alpha value is -1.67. The Labute approximate surface area is 125 Å². The Kier molecular flexibility index (Phi) is 4.95. The maximum absolute atomic E-state index is 12.2. The van der Waals surface area contributed by atoms with Crippen molar-refractivity contribution in [2.45, 2.75) is 38.2 Å². The lowest BCUT2D eigenvalue weighted by molar-refractivity contribution is 0.0635. The first kappa shape index (κ1) is 17.4. The molecule has 7 nitrogen and oxygen atoms in total. The van der Waals surface area contributed by atoms with E-state index in [9.17, 15) is 13.2 Å². The third kappa shape index (κ3) is 4.68. The summed E-state index contributed by atoms with van der Waals surface area (Å²) in [4.78, 5) is 15.8. The highest BCUT2D eigenvalue weighted by Gasteiger charge is 2.22. The molecule has 0 unspecified atom stereocenters. The summed E-state index contributed by atoms with van der Waals surface area (Å²) in [5, 5.41) is 2.42. The predicted molar refractivity (Wildman–Crippen MR) is 79.7 cm³/mol. The molecule has 0 aliphatic carbocycles. The SMILES string of the molecule is Cc1cnc(NC(=O)OC(C)(C)C)cc1S(=O)(=O)N(C)C. The van der Waals surface area contributed by atoms with Crippen LogP contribution in [0.1, 0.15) is 26.3 Å². The van der Waals surface area contributed by atoms with Crippen molar-refractivity contribution in [2.75, 3.05) is 19.4 Å². The van der Waals surface area contributed by atoms with Crippen molar-refractivity contribution in [3.8, 4) is 0 Å². The first-order valence-corrected chi connectivity index (χ1v) is 7.76. The van der Waals surface area contributed by atoms with Crippen LogP contribution in [0.3, 0.4) is 0 Å². The maximum Gasteiger partial charge on any atom is 0.413 e. The molecule has 0 atom stereocenters. The normalized spacial score (nSPS) is 12.3. The van der Waals surface area contributed by atoms with Crippen molar-refractivity contribution in [1.82, 2.24) is 9.29 Å². The van der Waals surface area contributed by atoms with Crippen LogP contribution in [0.25, 0.3) is 0 Å². The molecule has 0 bridgehead atoms. The van der Waals surface area contributed by atoms with Crippen LogP contribution in [0, 0.1) is 6.92 Å². The highest BCUT2D eigenvalue weighted by atomic mass is 32.2. The van der Waals surface area contributed by atoms with E-state index in [1.54, 1.807) is 27.7 Å². The van der Waals surface area contributed by atoms with Gasteiger partial charge >= 0.3 is 6.09 Å². The number of hydrogen-bond donors (Lipinski definition) is 1. The number of nitrogens with zero attached hydrogens (tertiary/aromatic N) is 2. The molecule has 0 aromatic carbocycles. The molecule has 0 spiro atoms. The Morgan fingerprint density at radius 2 is 1.90 bits per heavy atom. The molecule has 0 aliphatic rings. The van der Waals surface area contributed by atoms with Gasteiger partial charge in [-0.3, -0.25) is 5.32 Å². The van der Waals surface area contributed by atoms with Crippen LogP contribution in [-0.4, -0.2) is 43.5 Å². The fourth-order valence-corrected chi connectivity index (χ4v) is 2.57. The summed E-state index contributed by atoms with van der Waals surface area (Å²) < 4.78 is 30.5. The number of amides is 1. The van der Waals surface area contributed by atoms with E-state index in [1.165, 1.54) is 26.4 Å². The van der Waals surface area contributed by atoms with Crippen molar-refractivity contribution in [3.05, 3.63) is 17.8 Å². The van der Waals surface area contributed by atoms with Crippen LogP contribution in [0.2, 0.25) is 0 Å². The standard InChI is InChI=1S/C13H21N3O4S/c1-9-8-14-11(15-12(17)20-13(2,3)4)7-10(9)21(18,19)16(5)6/h7-8H,1-6H3,(H,14,15,17). The average Bonchev–Trinajstić information content (AvgIpc) is 2.28. The molecule has 0 saturated carbocycles. The van der Waals surface area contributed by atoms with Gasteiger partial charge in [0.15, 0.2) is 0 Å². The average molecular weight is 315 g/mol. The second-order valence-corrected chi connectivity index (χ2v) is 7.87. The van der Waals surface area contributed by atoms with Gasteiger partial charge in [0, 0.05) is 26.4 Å². The van der Waals surface area contributed by atoms with Gasteiger partial charge in [0.05, 0.1) is 4.90 Å². The number of aromatic nitrogens is 1. The van der Waals surface area contributed by atoms with E-state index in [-0.39, 0.29) is 10.7 Å². The van der Waals surface area contributed by atoms with Crippen molar-refractivity contribution in [1.29, 1.82) is 0 Å². The summed E-state index contributed by atoms with van der Waals surface area (Å²) in [6.07, 6.45) is 0.704. The topological polar surface area (TPSA) is 88.6 Å². The number of ether oxygens (including phenoxy) is 1. The molecule has 1 rings (SSSR count). The molecule has 0 fully saturated rings. The molecule has 1 aromatic heterocycles. The summed E-state index contributed by atoms with van der Waals surface area (Å²) in [5.74, 6) is 0.121. The van der Waals surface area contributed by atoms with E-state index in [4.69, 9.17) is 4.74 Å². The van der Waals surface area contributed by atoms with Crippen LogP contribution >= 0.6 is 0 Å². The molecular weight excluding hydrogens is 294 g/mol. The number of carbonyl (C=O) groups excluding carboxylic acids is 1. The predicted octanol–water partition coefficient (Wildman–Crippen LogP) is 1.99. The van der Waals surface area contributed by atoms with Crippen molar-refractivity contribution < 1.29 is 17.9 Å². The summed E-state index contributed by atoms with van der Waals surface area (Å²) in [5.41, 5.74) is -0.147. The van der Waals surface area contributed by atoms with Crippen LogP contribution < -0.4 is 5.32 Å². The lowest BCUT2D eigenvalue weighted by atomic mass is 10.2. The number of pyridine rings is 1. The molecule has 118 valence electrons. The van der Waals surface area contributed by atoms with Crippen LogP contribution in [0.15, 0.2) is 17.2 Å². The Morgan fingerprint density at radius 3 is 2.38 bits per heavy atom. The van der Waals surface area contributed by atoms with E-state index in [2.05, 4.69) is 10.3 Å². The number of anilines is 1. The second-order valence-electron chi connectivity index (χ2n) is 5.75. The van der Waals surface area contributed by atoms with Crippen LogP contribution in [-0.2, 0) is 14.8 Å². The summed E-state index contributed by atoms with van der Waals surface area (Å²) in [6, 6.07) is 1.31. The molecule has 8 heteroatoms. The summed E-state index contributed by atoms with van der Waals surface area (Å²) in [7, 11) is -0.718. The third-order valence-corrected chi connectivity index (χ3v) is 4.40. The van der Waals surface area contributed by atoms with E-state index in [1.807, 2.05) is 0 Å². The van der Waals surface area contributed by atoms with Gasteiger partial charge in [-0.15, -0.1) is 0 Å². The van der Waals surface area contributed by atoms with Crippen molar-refractivity contribution in [3.63, 3.8) is 0 Å². The summed E-state index contributed by atoms with van der Waals surface area (Å²) >= 11 is 0. The van der Waals surface area contributed by atoms with Gasteiger partial charge in [-0.25, -0.2) is 22.5 Å². The highest BCUT2D eigenvalue weighted by Crippen LogP contribution is 2.20. The first-order valence-electron chi connectivity index (χ1n) is 6.32. The number of sulfonamides is 1. The maximum atomic E-state index is 12.2. The molecule has 0 saturated heterocycles. The van der Waals surface area contributed by atoms with Gasteiger partial charge < -0.3 is 4.74 Å². The van der Waals surface area contributed by atoms with E-state index in [0.717, 1.165) is 4.31 Å².